The van der Waals surface area contributed by atoms with Crippen molar-refractivity contribution in [2.45, 2.75) is 20.3 Å². The van der Waals surface area contributed by atoms with Crippen molar-refractivity contribution in [2.24, 2.45) is 0 Å². The van der Waals surface area contributed by atoms with Crippen molar-refractivity contribution in [2.75, 3.05) is 0 Å². The minimum atomic E-state index is 0.802. The van der Waals surface area contributed by atoms with Crippen LogP contribution in [0.25, 0.3) is 11.3 Å². The summed E-state index contributed by atoms with van der Waals surface area (Å²) in [7, 11) is 0. The van der Waals surface area contributed by atoms with Crippen LogP contribution in [0.1, 0.15) is 18.2 Å². The van der Waals surface area contributed by atoms with Crippen LogP contribution >= 0.6 is 15.9 Å². The molecular weight excluding hydrogens is 252 g/mol. The van der Waals surface area contributed by atoms with Crippen LogP contribution in [0.4, 0.5) is 0 Å². The number of halogens is 1. The van der Waals surface area contributed by atoms with E-state index in [9.17, 15) is 0 Å². The summed E-state index contributed by atoms with van der Waals surface area (Å²) in [6, 6.07) is 8.40. The van der Waals surface area contributed by atoms with Crippen molar-refractivity contribution in [3.63, 3.8) is 0 Å². The van der Waals surface area contributed by atoms with Gasteiger partial charge in [-0.15, -0.1) is 0 Å². The highest BCUT2D eigenvalue weighted by Gasteiger charge is 2.09. The quantitative estimate of drug-likeness (QED) is 0.881. The molecule has 0 atom stereocenters. The van der Waals surface area contributed by atoms with Crippen LogP contribution in [0.2, 0.25) is 0 Å². The first-order valence-electron chi connectivity index (χ1n) is 5.02. The molecule has 1 aromatic heterocycles. The Labute approximate surface area is 97.9 Å². The Bertz CT molecular complexity index is 474. The minimum Gasteiger partial charge on any atom is -0.336 e. The minimum absolute atomic E-state index is 0.802. The number of H-pyrrole nitrogens is 1. The molecule has 0 saturated carbocycles. The molecule has 0 spiro atoms. The van der Waals surface area contributed by atoms with Crippen molar-refractivity contribution in [1.29, 1.82) is 0 Å². The van der Waals surface area contributed by atoms with E-state index >= 15 is 0 Å². The summed E-state index contributed by atoms with van der Waals surface area (Å²) in [5.74, 6) is 0. The van der Waals surface area contributed by atoms with Crippen molar-refractivity contribution in [3.05, 3.63) is 40.3 Å². The number of benzene rings is 1. The molecule has 15 heavy (non-hydrogen) atoms. The van der Waals surface area contributed by atoms with Gasteiger partial charge in [-0.2, -0.15) is 0 Å². The van der Waals surface area contributed by atoms with Crippen LogP contribution in [-0.2, 0) is 6.42 Å². The van der Waals surface area contributed by atoms with E-state index in [1.165, 1.54) is 16.8 Å². The van der Waals surface area contributed by atoms with Gasteiger partial charge < -0.3 is 4.98 Å². The number of imidazole rings is 1. The van der Waals surface area contributed by atoms with Gasteiger partial charge in [0.1, 0.15) is 0 Å². The third-order valence-corrected chi connectivity index (χ3v) is 2.77. The lowest BCUT2D eigenvalue weighted by atomic mass is 10.1. The molecule has 2 aromatic rings. The summed E-state index contributed by atoms with van der Waals surface area (Å²) in [5, 5.41) is 0. The van der Waals surface area contributed by atoms with E-state index in [0.717, 1.165) is 16.8 Å². The van der Waals surface area contributed by atoms with Crippen LogP contribution < -0.4 is 0 Å². The van der Waals surface area contributed by atoms with Crippen LogP contribution in [0, 0.1) is 6.92 Å². The van der Waals surface area contributed by atoms with Gasteiger partial charge in [-0.3, -0.25) is 0 Å². The molecule has 0 fully saturated rings. The SMILES string of the molecule is CCc1[nH]c(Br)nc1-c1cccc(C)c1. The molecule has 0 bridgehead atoms. The van der Waals surface area contributed by atoms with E-state index in [2.05, 4.69) is 64.0 Å². The normalized spacial score (nSPS) is 10.6. The number of hydrogen-bond donors (Lipinski definition) is 1. The zero-order chi connectivity index (χ0) is 10.8. The summed E-state index contributed by atoms with van der Waals surface area (Å²) < 4.78 is 0.802. The summed E-state index contributed by atoms with van der Waals surface area (Å²) in [4.78, 5) is 7.67. The molecule has 0 saturated heterocycles. The van der Waals surface area contributed by atoms with Gasteiger partial charge in [-0.05, 0) is 35.3 Å². The molecule has 0 radical (unpaired) electrons. The van der Waals surface area contributed by atoms with Gasteiger partial charge in [0.15, 0.2) is 4.73 Å². The molecule has 2 rings (SSSR count). The maximum atomic E-state index is 4.45. The Balaban J connectivity index is 2.53. The first-order valence-corrected chi connectivity index (χ1v) is 5.81. The molecule has 0 amide bonds. The van der Waals surface area contributed by atoms with E-state index in [1.54, 1.807) is 0 Å². The lowest BCUT2D eigenvalue weighted by Crippen LogP contribution is -1.86. The summed E-state index contributed by atoms with van der Waals surface area (Å²) >= 11 is 3.37. The Kier molecular flexibility index (Phi) is 2.91. The monoisotopic (exact) mass is 264 g/mol. The highest BCUT2D eigenvalue weighted by Crippen LogP contribution is 2.24. The average Bonchev–Trinajstić information content (AvgIpc) is 2.59. The second-order valence-electron chi connectivity index (χ2n) is 3.58. The number of nitrogens with zero attached hydrogens (tertiary/aromatic N) is 1. The molecule has 0 aliphatic carbocycles. The zero-order valence-electron chi connectivity index (χ0n) is 8.84. The lowest BCUT2D eigenvalue weighted by Gasteiger charge is -2.01. The van der Waals surface area contributed by atoms with E-state index in [0.29, 0.717) is 0 Å². The fraction of sp³-hybridized carbons (Fsp3) is 0.250. The molecule has 1 N–H and O–H groups in total. The highest BCUT2D eigenvalue weighted by molar-refractivity contribution is 9.10. The molecule has 78 valence electrons. The van der Waals surface area contributed by atoms with Gasteiger partial charge in [0.25, 0.3) is 0 Å². The molecule has 1 aromatic carbocycles. The number of hydrogen-bond acceptors (Lipinski definition) is 1. The molecular formula is C12H13BrN2. The molecule has 0 unspecified atom stereocenters. The topological polar surface area (TPSA) is 28.7 Å². The Morgan fingerprint density at radius 1 is 1.40 bits per heavy atom. The van der Waals surface area contributed by atoms with E-state index < -0.39 is 0 Å². The van der Waals surface area contributed by atoms with E-state index in [4.69, 9.17) is 0 Å². The molecule has 3 heteroatoms. The van der Waals surface area contributed by atoms with E-state index in [-0.39, 0.29) is 0 Å². The van der Waals surface area contributed by atoms with Gasteiger partial charge in [-0.25, -0.2) is 4.98 Å². The average molecular weight is 265 g/mol. The third kappa shape index (κ3) is 2.12. The van der Waals surface area contributed by atoms with Gasteiger partial charge >= 0.3 is 0 Å². The second-order valence-corrected chi connectivity index (χ2v) is 4.33. The van der Waals surface area contributed by atoms with E-state index in [1.807, 2.05) is 0 Å². The first kappa shape index (κ1) is 10.4. The first-order chi connectivity index (χ1) is 7.20. The van der Waals surface area contributed by atoms with Crippen molar-refractivity contribution in [1.82, 2.24) is 9.97 Å². The second kappa shape index (κ2) is 4.19. The van der Waals surface area contributed by atoms with Gasteiger partial charge in [0, 0.05) is 11.3 Å². The Morgan fingerprint density at radius 2 is 2.20 bits per heavy atom. The number of aromatic nitrogens is 2. The van der Waals surface area contributed by atoms with Crippen LogP contribution in [0.3, 0.4) is 0 Å². The molecule has 0 aliphatic rings. The Morgan fingerprint density at radius 3 is 2.87 bits per heavy atom. The third-order valence-electron chi connectivity index (χ3n) is 2.39. The maximum absolute atomic E-state index is 4.45. The fourth-order valence-corrected chi connectivity index (χ4v) is 2.08. The van der Waals surface area contributed by atoms with Gasteiger partial charge in [-0.1, -0.05) is 30.7 Å². The van der Waals surface area contributed by atoms with Crippen LogP contribution in [-0.4, -0.2) is 9.97 Å². The van der Waals surface area contributed by atoms with Crippen molar-refractivity contribution >= 4 is 15.9 Å². The number of aromatic amines is 1. The lowest BCUT2D eigenvalue weighted by molar-refractivity contribution is 1.06. The Hall–Kier alpha value is -1.09. The highest BCUT2D eigenvalue weighted by atomic mass is 79.9. The number of aryl methyl sites for hydroxylation is 2. The van der Waals surface area contributed by atoms with Crippen molar-refractivity contribution in [3.8, 4) is 11.3 Å². The van der Waals surface area contributed by atoms with Crippen LogP contribution in [0.5, 0.6) is 0 Å². The zero-order valence-corrected chi connectivity index (χ0v) is 10.4. The molecule has 2 nitrogen and oxygen atoms in total. The standard InChI is InChI=1S/C12H13BrN2/c1-3-10-11(15-12(13)14-10)9-6-4-5-8(2)7-9/h4-7H,3H2,1-2H3,(H,14,15). The fourth-order valence-electron chi connectivity index (χ4n) is 1.66. The van der Waals surface area contributed by atoms with Crippen molar-refractivity contribution < 1.29 is 0 Å². The number of nitrogens with one attached hydrogen (secondary N) is 1. The van der Waals surface area contributed by atoms with Gasteiger partial charge in [0.2, 0.25) is 0 Å². The number of rotatable bonds is 2. The summed E-state index contributed by atoms with van der Waals surface area (Å²) in [6.45, 7) is 4.22. The maximum Gasteiger partial charge on any atom is 0.175 e. The molecule has 0 aliphatic heterocycles. The van der Waals surface area contributed by atoms with Gasteiger partial charge in [0.05, 0.1) is 5.69 Å². The molecule has 1 heterocycles. The smallest absolute Gasteiger partial charge is 0.175 e. The summed E-state index contributed by atoms with van der Waals surface area (Å²) in [6.07, 6.45) is 0.960. The predicted octanol–water partition coefficient (Wildman–Crippen LogP) is 3.71. The summed E-state index contributed by atoms with van der Waals surface area (Å²) in [5.41, 5.74) is 4.66. The van der Waals surface area contributed by atoms with Crippen LogP contribution in [0.15, 0.2) is 29.0 Å². The predicted molar refractivity (Wildman–Crippen MR) is 65.8 cm³/mol. The largest absolute Gasteiger partial charge is 0.336 e.